The number of nitrogens with zero attached hydrogens (tertiary/aromatic N) is 1. The predicted octanol–water partition coefficient (Wildman–Crippen LogP) is 3.35. The van der Waals surface area contributed by atoms with Gasteiger partial charge in [0.2, 0.25) is 5.88 Å². The van der Waals surface area contributed by atoms with Crippen molar-refractivity contribution < 1.29 is 17.9 Å². The summed E-state index contributed by atoms with van der Waals surface area (Å²) in [6.07, 6.45) is -4.49. The second kappa shape index (κ2) is 5.27. The van der Waals surface area contributed by atoms with Gasteiger partial charge in [-0.3, -0.25) is 0 Å². The maximum atomic E-state index is 12.5. The Morgan fingerprint density at radius 1 is 1.11 bits per heavy atom. The van der Waals surface area contributed by atoms with Gasteiger partial charge in [0.15, 0.2) is 0 Å². The van der Waals surface area contributed by atoms with E-state index in [4.69, 9.17) is 10.5 Å². The fraction of sp³-hybridized carbons (Fsp3) is 0.154. The molecule has 2 aromatic rings. The molecule has 0 saturated carbocycles. The van der Waals surface area contributed by atoms with Gasteiger partial charge in [0.05, 0.1) is 0 Å². The van der Waals surface area contributed by atoms with E-state index in [1.54, 1.807) is 24.3 Å². The highest BCUT2D eigenvalue weighted by molar-refractivity contribution is 5.32. The van der Waals surface area contributed by atoms with Crippen LogP contribution in [0.1, 0.15) is 11.3 Å². The highest BCUT2D eigenvalue weighted by atomic mass is 19.4. The third-order valence-electron chi connectivity index (χ3n) is 2.37. The SMILES string of the molecule is NCc1cccc(Oc2cccc(C(F)(F)F)n2)c1. The first kappa shape index (κ1) is 13.4. The van der Waals surface area contributed by atoms with E-state index in [1.165, 1.54) is 12.1 Å². The molecule has 0 aliphatic carbocycles. The largest absolute Gasteiger partial charge is 0.439 e. The van der Waals surface area contributed by atoms with Crippen LogP contribution in [0.2, 0.25) is 0 Å². The van der Waals surface area contributed by atoms with E-state index >= 15 is 0 Å². The van der Waals surface area contributed by atoms with Gasteiger partial charge in [-0.15, -0.1) is 0 Å². The highest BCUT2D eigenvalue weighted by Gasteiger charge is 2.32. The van der Waals surface area contributed by atoms with Crippen molar-refractivity contribution >= 4 is 0 Å². The van der Waals surface area contributed by atoms with Crippen molar-refractivity contribution in [3.63, 3.8) is 0 Å². The van der Waals surface area contributed by atoms with Crippen LogP contribution in [0.25, 0.3) is 0 Å². The molecule has 0 fully saturated rings. The van der Waals surface area contributed by atoms with Crippen molar-refractivity contribution in [3.8, 4) is 11.6 Å². The van der Waals surface area contributed by atoms with E-state index in [9.17, 15) is 13.2 Å². The van der Waals surface area contributed by atoms with Crippen molar-refractivity contribution in [2.75, 3.05) is 0 Å². The van der Waals surface area contributed by atoms with Crippen LogP contribution in [0.15, 0.2) is 42.5 Å². The van der Waals surface area contributed by atoms with Crippen LogP contribution in [0.3, 0.4) is 0 Å². The Bertz CT molecular complexity index is 570. The Morgan fingerprint density at radius 3 is 2.53 bits per heavy atom. The molecule has 1 aromatic heterocycles. The molecule has 0 amide bonds. The van der Waals surface area contributed by atoms with Gasteiger partial charge in [-0.05, 0) is 23.8 Å². The number of benzene rings is 1. The van der Waals surface area contributed by atoms with Crippen LogP contribution >= 0.6 is 0 Å². The molecule has 0 bridgehead atoms. The van der Waals surface area contributed by atoms with E-state index in [1.807, 2.05) is 0 Å². The predicted molar refractivity (Wildman–Crippen MR) is 63.6 cm³/mol. The van der Waals surface area contributed by atoms with Gasteiger partial charge in [0.1, 0.15) is 11.4 Å². The number of alkyl halides is 3. The van der Waals surface area contributed by atoms with Crippen LogP contribution in [0.4, 0.5) is 13.2 Å². The lowest BCUT2D eigenvalue weighted by Gasteiger charge is -2.09. The maximum Gasteiger partial charge on any atom is 0.433 e. The van der Waals surface area contributed by atoms with Crippen molar-refractivity contribution in [2.24, 2.45) is 5.73 Å². The maximum absolute atomic E-state index is 12.5. The zero-order chi connectivity index (χ0) is 13.9. The molecule has 1 aromatic carbocycles. The van der Waals surface area contributed by atoms with Crippen LogP contribution in [-0.2, 0) is 12.7 Å². The van der Waals surface area contributed by atoms with Gasteiger partial charge in [0, 0.05) is 12.6 Å². The number of hydrogen-bond acceptors (Lipinski definition) is 3. The Balaban J connectivity index is 2.23. The summed E-state index contributed by atoms with van der Waals surface area (Å²) < 4.78 is 42.8. The standard InChI is InChI=1S/C13H11F3N2O/c14-13(15,16)11-5-2-6-12(18-11)19-10-4-1-3-9(7-10)8-17/h1-7H,8,17H2. The molecule has 0 saturated heterocycles. The summed E-state index contributed by atoms with van der Waals surface area (Å²) >= 11 is 0. The molecular weight excluding hydrogens is 257 g/mol. The average molecular weight is 268 g/mol. The molecule has 2 N–H and O–H groups in total. The first-order valence-corrected chi connectivity index (χ1v) is 5.50. The number of rotatable bonds is 3. The second-order valence-corrected chi connectivity index (χ2v) is 3.81. The summed E-state index contributed by atoms with van der Waals surface area (Å²) in [7, 11) is 0. The zero-order valence-corrected chi connectivity index (χ0v) is 9.82. The van der Waals surface area contributed by atoms with Gasteiger partial charge in [-0.2, -0.15) is 13.2 Å². The molecule has 6 heteroatoms. The fourth-order valence-electron chi connectivity index (χ4n) is 1.49. The monoisotopic (exact) mass is 268 g/mol. The molecule has 3 nitrogen and oxygen atoms in total. The van der Waals surface area contributed by atoms with Crippen LogP contribution in [-0.4, -0.2) is 4.98 Å². The van der Waals surface area contributed by atoms with E-state index in [2.05, 4.69) is 4.98 Å². The van der Waals surface area contributed by atoms with Gasteiger partial charge in [-0.1, -0.05) is 18.2 Å². The normalized spacial score (nSPS) is 11.4. The van der Waals surface area contributed by atoms with E-state index < -0.39 is 11.9 Å². The van der Waals surface area contributed by atoms with E-state index in [0.29, 0.717) is 12.3 Å². The second-order valence-electron chi connectivity index (χ2n) is 3.81. The molecule has 0 radical (unpaired) electrons. The van der Waals surface area contributed by atoms with Crippen LogP contribution in [0, 0.1) is 0 Å². The molecule has 2 rings (SSSR count). The molecule has 0 aliphatic rings. The number of aromatic nitrogens is 1. The Labute approximate surface area is 107 Å². The lowest BCUT2D eigenvalue weighted by molar-refractivity contribution is -0.141. The summed E-state index contributed by atoms with van der Waals surface area (Å²) in [6, 6.07) is 10.3. The third kappa shape index (κ3) is 3.45. The Kier molecular flexibility index (Phi) is 3.71. The van der Waals surface area contributed by atoms with Gasteiger partial charge in [0.25, 0.3) is 0 Å². The number of halogens is 3. The van der Waals surface area contributed by atoms with Crippen molar-refractivity contribution in [1.82, 2.24) is 4.98 Å². The first-order valence-electron chi connectivity index (χ1n) is 5.50. The lowest BCUT2D eigenvalue weighted by atomic mass is 10.2. The molecule has 100 valence electrons. The quantitative estimate of drug-likeness (QED) is 0.928. The lowest BCUT2D eigenvalue weighted by Crippen LogP contribution is -2.08. The summed E-state index contributed by atoms with van der Waals surface area (Å²) in [5.41, 5.74) is 5.31. The topological polar surface area (TPSA) is 48.1 Å². The van der Waals surface area contributed by atoms with E-state index in [-0.39, 0.29) is 5.88 Å². The molecule has 19 heavy (non-hydrogen) atoms. The smallest absolute Gasteiger partial charge is 0.433 e. The summed E-state index contributed by atoms with van der Waals surface area (Å²) in [4.78, 5) is 3.42. The van der Waals surface area contributed by atoms with Gasteiger partial charge >= 0.3 is 6.18 Å². The minimum absolute atomic E-state index is 0.107. The molecule has 0 spiro atoms. The highest BCUT2D eigenvalue weighted by Crippen LogP contribution is 2.29. The fourth-order valence-corrected chi connectivity index (χ4v) is 1.49. The summed E-state index contributed by atoms with van der Waals surface area (Å²) in [5, 5.41) is 0. The van der Waals surface area contributed by atoms with Crippen molar-refractivity contribution in [2.45, 2.75) is 12.7 Å². The molecule has 1 heterocycles. The third-order valence-corrected chi connectivity index (χ3v) is 2.37. The van der Waals surface area contributed by atoms with Crippen LogP contribution < -0.4 is 10.5 Å². The minimum Gasteiger partial charge on any atom is -0.439 e. The zero-order valence-electron chi connectivity index (χ0n) is 9.82. The Hall–Kier alpha value is -2.08. The first-order chi connectivity index (χ1) is 8.99. The molecule has 0 aliphatic heterocycles. The summed E-state index contributed by atoms with van der Waals surface area (Å²) in [6.45, 7) is 0.327. The molecule has 0 atom stereocenters. The number of nitrogens with two attached hydrogens (primary N) is 1. The van der Waals surface area contributed by atoms with Gasteiger partial charge in [-0.25, -0.2) is 4.98 Å². The number of pyridine rings is 1. The van der Waals surface area contributed by atoms with E-state index in [0.717, 1.165) is 11.6 Å². The molecular formula is C13H11F3N2O. The van der Waals surface area contributed by atoms with Crippen molar-refractivity contribution in [3.05, 3.63) is 53.7 Å². The number of ether oxygens (including phenoxy) is 1. The summed E-state index contributed by atoms with van der Waals surface area (Å²) in [5.74, 6) is 0.291. The van der Waals surface area contributed by atoms with Crippen LogP contribution in [0.5, 0.6) is 11.6 Å². The Morgan fingerprint density at radius 2 is 1.84 bits per heavy atom. The number of hydrogen-bond donors (Lipinski definition) is 1. The van der Waals surface area contributed by atoms with Gasteiger partial charge < -0.3 is 10.5 Å². The van der Waals surface area contributed by atoms with Crippen molar-refractivity contribution in [1.29, 1.82) is 0 Å². The average Bonchev–Trinajstić information content (AvgIpc) is 2.38. The molecule has 0 unspecified atom stereocenters. The minimum atomic E-state index is -4.49.